The highest BCUT2D eigenvalue weighted by Gasteiger charge is 2.22. The van der Waals surface area contributed by atoms with E-state index in [0.29, 0.717) is 63.8 Å². The smallest absolute Gasteiger partial charge is 0.338 e. The number of aromatic nitrogens is 1. The molecule has 1 amide bonds. The second-order valence-electron chi connectivity index (χ2n) is 10.9. The number of aryl methyl sites for hydroxylation is 1. The number of aromatic hydroxyl groups is 1. The van der Waals surface area contributed by atoms with Crippen LogP contribution >= 0.6 is 0 Å². The highest BCUT2D eigenvalue weighted by molar-refractivity contribution is 6.22. The summed E-state index contributed by atoms with van der Waals surface area (Å²) in [7, 11) is 3.38. The molecule has 9 heteroatoms. The number of carbonyl (C=O) groups is 3. The van der Waals surface area contributed by atoms with Crippen LogP contribution in [0.3, 0.4) is 0 Å². The molecule has 43 heavy (non-hydrogen) atoms. The molecule has 1 fully saturated rings. The molecule has 1 saturated heterocycles. The van der Waals surface area contributed by atoms with E-state index in [0.717, 1.165) is 31.7 Å². The molecule has 3 aromatic carbocycles. The number of Topliss-reactive ketones (excluding diaryl/α,β-unsaturated/α-hetero) is 1. The molecule has 0 atom stereocenters. The van der Waals surface area contributed by atoms with Crippen LogP contribution in [0.5, 0.6) is 5.88 Å². The average Bonchev–Trinajstić information content (AvgIpc) is 3.34. The Kier molecular flexibility index (Phi) is 9.01. The quantitative estimate of drug-likeness (QED) is 0.158. The molecule has 222 valence electrons. The van der Waals surface area contributed by atoms with Gasteiger partial charge in [-0.2, -0.15) is 0 Å². The van der Waals surface area contributed by atoms with Crippen LogP contribution in [0.4, 0.5) is 5.69 Å². The number of nitrogens with one attached hydrogen (secondary N) is 1. The molecule has 0 aliphatic carbocycles. The monoisotopic (exact) mass is 580 g/mol. The first kappa shape index (κ1) is 29.7. The predicted molar refractivity (Wildman–Crippen MR) is 166 cm³/mol. The highest BCUT2D eigenvalue weighted by Crippen LogP contribution is 2.33. The molecule has 2 N–H and O–H groups in total. The Bertz CT molecular complexity index is 1670. The maximum atomic E-state index is 12.9. The van der Waals surface area contributed by atoms with Crippen LogP contribution in [-0.2, 0) is 9.53 Å². The average molecular weight is 581 g/mol. The number of hydrogen-bond acceptors (Lipinski definition) is 7. The fourth-order valence-electron chi connectivity index (χ4n) is 5.38. The number of amides is 1. The zero-order chi connectivity index (χ0) is 30.5. The van der Waals surface area contributed by atoms with Crippen molar-refractivity contribution in [2.24, 2.45) is 4.99 Å². The molecule has 4 aromatic rings. The van der Waals surface area contributed by atoms with Gasteiger partial charge in [0, 0.05) is 61.1 Å². The Morgan fingerprint density at radius 2 is 1.63 bits per heavy atom. The number of esters is 1. The highest BCUT2D eigenvalue weighted by atomic mass is 16.5. The lowest BCUT2D eigenvalue weighted by molar-refractivity contribution is -0.132. The zero-order valence-corrected chi connectivity index (χ0v) is 24.7. The topological polar surface area (TPSA) is 115 Å². The lowest BCUT2D eigenvalue weighted by atomic mass is 9.98. The molecule has 2 heterocycles. The molecule has 0 saturated carbocycles. The third-order valence-electron chi connectivity index (χ3n) is 7.89. The van der Waals surface area contributed by atoms with E-state index in [4.69, 9.17) is 9.73 Å². The molecule has 1 aromatic heterocycles. The molecular weight excluding hydrogens is 544 g/mol. The Hall–Kier alpha value is -4.76. The fourth-order valence-corrected chi connectivity index (χ4v) is 5.38. The first-order chi connectivity index (χ1) is 20.7. The number of methoxy groups -OCH3 is 1. The number of benzene rings is 3. The molecular formula is C34H36N4O5. The summed E-state index contributed by atoms with van der Waals surface area (Å²) in [5.74, 6) is -0.437. The van der Waals surface area contributed by atoms with E-state index in [-0.39, 0.29) is 17.6 Å². The second kappa shape index (κ2) is 13.0. The van der Waals surface area contributed by atoms with Gasteiger partial charge in [0.05, 0.1) is 29.6 Å². The summed E-state index contributed by atoms with van der Waals surface area (Å²) < 4.78 is 4.90. The number of ether oxygens (including phenoxy) is 1. The number of hydrogen-bond donors (Lipinski definition) is 2. The van der Waals surface area contributed by atoms with Gasteiger partial charge in [-0.3, -0.25) is 9.59 Å². The van der Waals surface area contributed by atoms with E-state index in [1.807, 2.05) is 48.2 Å². The maximum absolute atomic E-state index is 12.9. The van der Waals surface area contributed by atoms with Crippen LogP contribution in [-0.4, -0.2) is 83.6 Å². The number of piperazine rings is 1. The molecule has 0 unspecified atom stereocenters. The second-order valence-corrected chi connectivity index (χ2v) is 10.9. The van der Waals surface area contributed by atoms with Gasteiger partial charge in [0.25, 0.3) is 0 Å². The van der Waals surface area contributed by atoms with Crippen molar-refractivity contribution in [1.82, 2.24) is 14.8 Å². The van der Waals surface area contributed by atoms with Gasteiger partial charge in [0.2, 0.25) is 5.91 Å². The van der Waals surface area contributed by atoms with Crippen LogP contribution in [0.1, 0.15) is 56.7 Å². The molecule has 1 aliphatic heterocycles. The number of ketones is 1. The third kappa shape index (κ3) is 6.67. The minimum atomic E-state index is -0.455. The summed E-state index contributed by atoms with van der Waals surface area (Å²) in [6.45, 7) is 5.04. The Morgan fingerprint density at radius 3 is 2.30 bits per heavy atom. The van der Waals surface area contributed by atoms with Crippen molar-refractivity contribution in [3.8, 4) is 5.88 Å². The number of fused-ring (bicyclic) bond motifs is 1. The molecule has 9 nitrogen and oxygen atoms in total. The maximum Gasteiger partial charge on any atom is 0.338 e. The zero-order valence-electron chi connectivity index (χ0n) is 24.7. The standard InChI is InChI=1S/C34H36N4O5/c1-22-20-27-28(21-26(22)34(42)43-3)36-33(41)31(27)32(24-8-5-4-6-9-24)35-25-14-12-23(13-15-25)29(39)10-7-11-30(40)38-18-16-37(2)17-19-38/h4-6,8-9,12-15,20-21,36,41H,7,10-11,16-19H2,1-3H3. The van der Waals surface area contributed by atoms with E-state index in [2.05, 4.69) is 16.9 Å². The largest absolute Gasteiger partial charge is 0.494 e. The summed E-state index contributed by atoms with van der Waals surface area (Å²) >= 11 is 0. The Morgan fingerprint density at radius 1 is 0.930 bits per heavy atom. The van der Waals surface area contributed by atoms with Crippen molar-refractivity contribution in [3.63, 3.8) is 0 Å². The van der Waals surface area contributed by atoms with Crippen LogP contribution in [0, 0.1) is 6.92 Å². The summed E-state index contributed by atoms with van der Waals surface area (Å²) in [4.78, 5) is 49.6. The van der Waals surface area contributed by atoms with Crippen molar-refractivity contribution in [2.75, 3.05) is 40.3 Å². The van der Waals surface area contributed by atoms with Gasteiger partial charge >= 0.3 is 5.97 Å². The number of H-pyrrole nitrogens is 1. The SMILES string of the molecule is COC(=O)c1cc2[nH]c(O)c(C(=Nc3ccc(C(=O)CCCC(=O)N4CCN(C)CC4)cc3)c3ccccc3)c2cc1C. The molecule has 0 bridgehead atoms. The van der Waals surface area contributed by atoms with E-state index in [1.165, 1.54) is 7.11 Å². The van der Waals surface area contributed by atoms with Crippen LogP contribution in [0.15, 0.2) is 71.7 Å². The van der Waals surface area contributed by atoms with E-state index in [9.17, 15) is 19.5 Å². The van der Waals surface area contributed by atoms with Crippen LogP contribution in [0.2, 0.25) is 0 Å². The predicted octanol–water partition coefficient (Wildman–Crippen LogP) is 5.26. The third-order valence-corrected chi connectivity index (χ3v) is 7.89. The normalized spacial score (nSPS) is 14.2. The van der Waals surface area contributed by atoms with E-state index in [1.54, 1.807) is 30.3 Å². The van der Waals surface area contributed by atoms with Crippen LogP contribution in [0.25, 0.3) is 10.9 Å². The van der Waals surface area contributed by atoms with Gasteiger partial charge in [-0.1, -0.05) is 30.3 Å². The Balaban J connectivity index is 1.37. The van der Waals surface area contributed by atoms with Gasteiger partial charge in [-0.25, -0.2) is 9.79 Å². The Labute approximate surface area is 250 Å². The van der Waals surface area contributed by atoms with Gasteiger partial charge in [0.1, 0.15) is 0 Å². The number of carbonyl (C=O) groups excluding carboxylic acids is 3. The summed E-state index contributed by atoms with van der Waals surface area (Å²) in [6, 6.07) is 20.1. The van der Waals surface area contributed by atoms with Crippen molar-refractivity contribution < 1.29 is 24.2 Å². The van der Waals surface area contributed by atoms with Crippen molar-refractivity contribution in [3.05, 3.63) is 94.5 Å². The van der Waals surface area contributed by atoms with Crippen LogP contribution < -0.4 is 0 Å². The minimum absolute atomic E-state index is 0.0175. The molecule has 0 radical (unpaired) electrons. The number of nitrogens with zero attached hydrogens (tertiary/aromatic N) is 3. The minimum Gasteiger partial charge on any atom is -0.494 e. The van der Waals surface area contributed by atoms with Gasteiger partial charge in [-0.05, 0) is 62.4 Å². The van der Waals surface area contributed by atoms with E-state index < -0.39 is 5.97 Å². The summed E-state index contributed by atoms with van der Waals surface area (Å²) in [6.07, 6.45) is 1.18. The van der Waals surface area contributed by atoms with Gasteiger partial charge in [0.15, 0.2) is 11.7 Å². The molecule has 1 aliphatic rings. The number of likely N-dealkylation sites (N-methyl/N-ethyl adjacent to an activating group) is 1. The summed E-state index contributed by atoms with van der Waals surface area (Å²) in [5.41, 5.74) is 4.70. The van der Waals surface area contributed by atoms with Crippen molar-refractivity contribution >= 4 is 40.0 Å². The van der Waals surface area contributed by atoms with Crippen molar-refractivity contribution in [1.29, 1.82) is 0 Å². The van der Waals surface area contributed by atoms with Gasteiger partial charge in [-0.15, -0.1) is 0 Å². The number of rotatable bonds is 9. The number of aromatic amines is 1. The van der Waals surface area contributed by atoms with E-state index >= 15 is 0 Å². The molecule has 5 rings (SSSR count). The summed E-state index contributed by atoms with van der Waals surface area (Å²) in [5, 5.41) is 11.7. The lowest BCUT2D eigenvalue weighted by Crippen LogP contribution is -2.47. The first-order valence-electron chi connectivity index (χ1n) is 14.4. The fraction of sp³-hybridized carbons (Fsp3) is 0.294. The molecule has 0 spiro atoms. The lowest BCUT2D eigenvalue weighted by Gasteiger charge is -2.32. The first-order valence-corrected chi connectivity index (χ1v) is 14.4. The number of aliphatic imine (C=N–C) groups is 1. The van der Waals surface area contributed by atoms with Crippen molar-refractivity contribution in [2.45, 2.75) is 26.2 Å². The van der Waals surface area contributed by atoms with Gasteiger partial charge < -0.3 is 24.6 Å².